The van der Waals surface area contributed by atoms with E-state index in [4.69, 9.17) is 24.4 Å². The number of nitrogens with one attached hydrogen (secondary N) is 1. The number of fused-ring (bicyclic) bond motifs is 1. The van der Waals surface area contributed by atoms with Crippen molar-refractivity contribution in [3.8, 4) is 11.5 Å². The van der Waals surface area contributed by atoms with Crippen LogP contribution in [0.3, 0.4) is 0 Å². The number of pyridine rings is 1. The molecule has 0 saturated carbocycles. The number of hydrogen-bond donors (Lipinski definition) is 5. The highest BCUT2D eigenvalue weighted by molar-refractivity contribution is 5.73. The van der Waals surface area contributed by atoms with E-state index in [-0.39, 0.29) is 12.8 Å². The summed E-state index contributed by atoms with van der Waals surface area (Å²) in [4.78, 5) is 30.2. The van der Waals surface area contributed by atoms with Gasteiger partial charge in [-0.25, -0.2) is 4.98 Å². The summed E-state index contributed by atoms with van der Waals surface area (Å²) in [5, 5.41) is 20.6. The van der Waals surface area contributed by atoms with Gasteiger partial charge in [0.05, 0.1) is 0 Å². The molecule has 0 spiro atoms. The van der Waals surface area contributed by atoms with Crippen LogP contribution in [0.25, 0.3) is 11.5 Å². The third-order valence-electron chi connectivity index (χ3n) is 3.97. The second-order valence-electron chi connectivity index (χ2n) is 6.14. The molecular formula is C17H26N6O4. The molecule has 0 saturated heterocycles. The van der Waals surface area contributed by atoms with Crippen LogP contribution in [0.4, 0.5) is 5.95 Å². The molecule has 0 aromatic heterocycles. The van der Waals surface area contributed by atoms with Gasteiger partial charge in [0, 0.05) is 22.0 Å². The molecule has 0 aliphatic carbocycles. The molecule has 27 heavy (non-hydrogen) atoms. The summed E-state index contributed by atoms with van der Waals surface area (Å²) < 4.78 is 18.1. The minimum atomic E-state index is -1.80. The molecular weight excluding hydrogens is 353 g/mol. The lowest BCUT2D eigenvalue weighted by atomic mass is 10.1. The van der Waals surface area contributed by atoms with Crippen LogP contribution in [-0.2, 0) is 16.1 Å². The number of hydrogen-bond acceptors (Lipinski definition) is 7. The molecule has 0 radical (unpaired) electrons. The summed E-state index contributed by atoms with van der Waals surface area (Å²) in [6.07, 6.45) is 2.92. The number of carboxylic acids is 2. The van der Waals surface area contributed by atoms with Crippen LogP contribution < -0.4 is 16.8 Å². The largest absolute Gasteiger partial charge is 0.480 e. The van der Waals surface area contributed by atoms with E-state index < -0.39 is 30.5 Å². The minimum Gasteiger partial charge on any atom is -0.480 e. The fraction of sp³-hybridized carbons (Fsp3) is 0.529. The molecule has 2 rings (SSSR count). The first-order valence-electron chi connectivity index (χ1n) is 9.68. The van der Waals surface area contributed by atoms with Crippen molar-refractivity contribution in [3.05, 3.63) is 18.3 Å². The van der Waals surface area contributed by atoms with E-state index >= 15 is 0 Å². The van der Waals surface area contributed by atoms with Crippen molar-refractivity contribution in [2.24, 2.45) is 11.5 Å². The number of carboxylic acid groups (broad SMARTS) is 2. The third kappa shape index (κ3) is 6.19. The summed E-state index contributed by atoms with van der Waals surface area (Å²) in [6, 6.07) is 1.43. The Kier molecular flexibility index (Phi) is 6.44. The third-order valence-corrected chi connectivity index (χ3v) is 3.97. The van der Waals surface area contributed by atoms with Crippen molar-refractivity contribution in [3.63, 3.8) is 0 Å². The molecule has 2 aliphatic heterocycles. The highest BCUT2D eigenvalue weighted by Crippen LogP contribution is 2.21. The number of anilines is 1. The number of imidazole rings is 1. The van der Waals surface area contributed by atoms with Crippen LogP contribution in [0.1, 0.15) is 34.8 Å². The van der Waals surface area contributed by atoms with Gasteiger partial charge in [0.2, 0.25) is 5.95 Å². The zero-order valence-electron chi connectivity index (χ0n) is 16.8. The number of rotatable bonds is 12. The van der Waals surface area contributed by atoms with Gasteiger partial charge < -0.3 is 31.6 Å². The highest BCUT2D eigenvalue weighted by Gasteiger charge is 2.15. The van der Waals surface area contributed by atoms with Crippen molar-refractivity contribution in [2.75, 3.05) is 11.9 Å². The summed E-state index contributed by atoms with van der Waals surface area (Å²) in [5.74, 6) is -1.49. The minimum absolute atomic E-state index is 0.0699. The molecule has 0 aromatic rings. The molecule has 0 fully saturated rings. The van der Waals surface area contributed by atoms with E-state index in [1.807, 2.05) is 0 Å². The number of aliphatic carboxylic acids is 2. The quantitative estimate of drug-likeness (QED) is 0.260. The van der Waals surface area contributed by atoms with Crippen molar-refractivity contribution >= 4 is 17.9 Å². The van der Waals surface area contributed by atoms with Gasteiger partial charge in [-0.2, -0.15) is 4.98 Å². The van der Waals surface area contributed by atoms with E-state index in [1.54, 1.807) is 18.3 Å². The molecule has 2 aliphatic rings. The number of nitrogens with two attached hydrogens (primary N) is 2. The summed E-state index contributed by atoms with van der Waals surface area (Å²) in [7, 11) is 0. The predicted octanol–water partition coefficient (Wildman–Crippen LogP) is 0.569. The van der Waals surface area contributed by atoms with Crippen LogP contribution in [0, 0.1) is 0 Å². The van der Waals surface area contributed by atoms with Gasteiger partial charge in [0.1, 0.15) is 17.8 Å². The second kappa shape index (κ2) is 9.83. The van der Waals surface area contributed by atoms with Gasteiger partial charge in [-0.05, 0) is 44.2 Å². The molecule has 7 N–H and O–H groups in total. The number of nitrogens with zero attached hydrogens (tertiary/aromatic N) is 3. The smallest absolute Gasteiger partial charge is 0.320 e. The van der Waals surface area contributed by atoms with E-state index in [0.29, 0.717) is 43.3 Å². The fourth-order valence-corrected chi connectivity index (χ4v) is 2.42. The van der Waals surface area contributed by atoms with Crippen LogP contribution in [-0.4, -0.2) is 55.3 Å². The Bertz CT molecular complexity index is 815. The van der Waals surface area contributed by atoms with E-state index in [9.17, 15) is 9.59 Å². The maximum Gasteiger partial charge on any atom is 0.320 e. The van der Waals surface area contributed by atoms with Crippen LogP contribution in [0.2, 0.25) is 0 Å². The average molecular weight is 381 g/mol. The van der Waals surface area contributed by atoms with E-state index in [2.05, 4.69) is 15.3 Å². The lowest BCUT2D eigenvalue weighted by Gasteiger charge is -2.11. The number of aryl methyl sites for hydroxylation is 1. The summed E-state index contributed by atoms with van der Waals surface area (Å²) in [5.41, 5.74) is 11.4. The van der Waals surface area contributed by atoms with E-state index in [0.717, 1.165) is 0 Å². The molecule has 2 atom stereocenters. The standard InChI is InChI=1S/C17H26N6O4/c18-11(15(24)25)5-1-2-9-23-10-4-7-13-14(23)22-17(21-13)20-8-3-6-12(19)16(26)27/h4,7,10-12H,1-3,5-6,8-9,18-19H2,(H,20,21)(H,24,25)(H,26,27)/t11-,12-/m1/s1/i9+1D2. The molecule has 0 unspecified atom stereocenters. The molecule has 10 nitrogen and oxygen atoms in total. The first kappa shape index (κ1) is 17.7. The molecule has 0 amide bonds. The van der Waals surface area contributed by atoms with Gasteiger partial charge in [-0.1, -0.05) is 0 Å². The zero-order valence-corrected chi connectivity index (χ0v) is 14.8. The van der Waals surface area contributed by atoms with Crippen molar-refractivity contribution < 1.29 is 22.5 Å². The Hall–Kier alpha value is -2.72. The SMILES string of the molecule is [2H][13C]([2H])(CCC[C@@H](N)C(=O)O)n1cccc2nc(NCCC[C@@H](N)C(=O)O)nc1-2. The Balaban J connectivity index is 2.01. The lowest BCUT2D eigenvalue weighted by Crippen LogP contribution is -2.30. The van der Waals surface area contributed by atoms with Gasteiger partial charge >= 0.3 is 11.9 Å². The van der Waals surface area contributed by atoms with Gasteiger partial charge in [0.15, 0.2) is 5.82 Å². The molecule has 2 heterocycles. The van der Waals surface area contributed by atoms with Crippen LogP contribution >= 0.6 is 0 Å². The Morgan fingerprint density at radius 2 is 1.81 bits per heavy atom. The van der Waals surface area contributed by atoms with E-state index in [1.165, 1.54) is 4.57 Å². The van der Waals surface area contributed by atoms with Crippen molar-refractivity contribution in [1.82, 2.24) is 14.5 Å². The molecule has 10 heteroatoms. The first-order chi connectivity index (χ1) is 13.6. The van der Waals surface area contributed by atoms with Crippen LogP contribution in [0.5, 0.6) is 0 Å². The Morgan fingerprint density at radius 1 is 1.15 bits per heavy atom. The second-order valence-corrected chi connectivity index (χ2v) is 6.14. The average Bonchev–Trinajstić information content (AvgIpc) is 3.07. The normalized spacial score (nSPS) is 15.0. The lowest BCUT2D eigenvalue weighted by molar-refractivity contribution is -0.139. The van der Waals surface area contributed by atoms with Crippen molar-refractivity contribution in [1.29, 1.82) is 0 Å². The fourth-order valence-electron chi connectivity index (χ4n) is 2.42. The summed E-state index contributed by atoms with van der Waals surface area (Å²) >= 11 is 0. The number of carbonyl (C=O) groups is 2. The Labute approximate surface area is 159 Å². The maximum atomic E-state index is 10.8. The first-order valence-corrected chi connectivity index (χ1v) is 8.68. The van der Waals surface area contributed by atoms with Gasteiger partial charge in [-0.15, -0.1) is 0 Å². The Morgan fingerprint density at radius 3 is 2.48 bits per heavy atom. The highest BCUT2D eigenvalue weighted by atomic mass is 16.4. The van der Waals surface area contributed by atoms with Gasteiger partial charge in [0.25, 0.3) is 0 Å². The maximum absolute atomic E-state index is 10.8. The van der Waals surface area contributed by atoms with Gasteiger partial charge in [-0.3, -0.25) is 9.59 Å². The topological polar surface area (TPSA) is 169 Å². The predicted molar refractivity (Wildman–Crippen MR) is 99.4 cm³/mol. The zero-order chi connectivity index (χ0) is 21.6. The van der Waals surface area contributed by atoms with Crippen molar-refractivity contribution in [2.45, 2.75) is 50.7 Å². The number of aromatic nitrogens is 3. The summed E-state index contributed by atoms with van der Waals surface area (Å²) in [6.45, 7) is -1.37. The van der Waals surface area contributed by atoms with Crippen LogP contribution in [0.15, 0.2) is 18.3 Å². The molecule has 148 valence electrons. The monoisotopic (exact) mass is 381 g/mol. The molecule has 0 bridgehead atoms. The molecule has 0 aromatic carbocycles.